The summed E-state index contributed by atoms with van der Waals surface area (Å²) >= 11 is 0. The molecule has 2 aliphatic rings. The van der Waals surface area contributed by atoms with Gasteiger partial charge in [-0.3, -0.25) is 9.55 Å². The maximum absolute atomic E-state index is 13.0. The van der Waals surface area contributed by atoms with Crippen molar-refractivity contribution >= 4 is 31.9 Å². The van der Waals surface area contributed by atoms with Crippen LogP contribution in [0.3, 0.4) is 0 Å². The molecule has 0 bridgehead atoms. The number of aromatic nitrogens is 1. The van der Waals surface area contributed by atoms with E-state index in [9.17, 15) is 4.57 Å². The molecule has 0 spiro atoms. The fourth-order valence-corrected chi connectivity index (χ4v) is 5.29. The van der Waals surface area contributed by atoms with Gasteiger partial charge in [-0.25, -0.2) is 9.34 Å². The first-order chi connectivity index (χ1) is 13.6. The molecule has 2 saturated heterocycles. The summed E-state index contributed by atoms with van der Waals surface area (Å²) in [5, 5.41) is 0.996. The van der Waals surface area contributed by atoms with Gasteiger partial charge >= 0.3 is 7.67 Å². The summed E-state index contributed by atoms with van der Waals surface area (Å²) in [7, 11) is 3.26. The molecule has 0 unspecified atom stereocenters. The van der Waals surface area contributed by atoms with Gasteiger partial charge < -0.3 is 9.26 Å². The Morgan fingerprint density at radius 2 is 1.82 bits per heavy atom. The first-order valence-electron chi connectivity index (χ1n) is 9.28. The van der Waals surface area contributed by atoms with Crippen molar-refractivity contribution in [2.45, 2.75) is 6.61 Å². The molecular formula is C20H19BN3O3P. The summed E-state index contributed by atoms with van der Waals surface area (Å²) in [6, 6.07) is 15.1. The summed E-state index contributed by atoms with van der Waals surface area (Å²) in [5.74, 6) is 1.24. The number of benzene rings is 2. The topological polar surface area (TPSA) is 54.4 Å². The molecule has 2 aliphatic heterocycles. The van der Waals surface area contributed by atoms with Crippen LogP contribution in [0.15, 0.2) is 54.7 Å². The van der Waals surface area contributed by atoms with Gasteiger partial charge in [-0.15, -0.1) is 0 Å². The van der Waals surface area contributed by atoms with Gasteiger partial charge in [-0.1, -0.05) is 23.7 Å². The quantitative estimate of drug-likeness (QED) is 0.351. The molecule has 0 N–H and O–H groups in total. The molecule has 28 heavy (non-hydrogen) atoms. The van der Waals surface area contributed by atoms with Crippen LogP contribution in [0.25, 0.3) is 10.9 Å². The number of hydrogen-bond donors (Lipinski definition) is 0. The van der Waals surface area contributed by atoms with Crippen molar-refractivity contribution < 1.29 is 13.8 Å². The van der Waals surface area contributed by atoms with E-state index in [0.717, 1.165) is 42.6 Å². The molecule has 0 saturated carbocycles. The lowest BCUT2D eigenvalue weighted by molar-refractivity contribution is 0.263. The van der Waals surface area contributed by atoms with Crippen LogP contribution in [0.5, 0.6) is 11.5 Å². The predicted octanol–water partition coefficient (Wildman–Crippen LogP) is 3.08. The summed E-state index contributed by atoms with van der Waals surface area (Å²) in [6.07, 6.45) is 1.76. The zero-order valence-electron chi connectivity index (χ0n) is 15.3. The molecule has 5 rings (SSSR count). The molecular weight excluding hydrogens is 372 g/mol. The Morgan fingerprint density at radius 1 is 1.04 bits per heavy atom. The Balaban J connectivity index is 1.34. The summed E-state index contributed by atoms with van der Waals surface area (Å²) in [5.41, 5.74) is 2.32. The minimum atomic E-state index is -2.84. The van der Waals surface area contributed by atoms with E-state index in [2.05, 4.69) is 4.98 Å². The van der Waals surface area contributed by atoms with Gasteiger partial charge in [0.15, 0.2) is 0 Å². The molecule has 2 radical (unpaired) electrons. The Morgan fingerprint density at radius 3 is 2.57 bits per heavy atom. The van der Waals surface area contributed by atoms with Gasteiger partial charge in [-0.2, -0.15) is 0 Å². The second-order valence-electron chi connectivity index (χ2n) is 7.00. The van der Waals surface area contributed by atoms with Crippen molar-refractivity contribution in [1.82, 2.24) is 14.3 Å². The Labute approximate surface area is 165 Å². The maximum atomic E-state index is 13.0. The number of rotatable bonds is 7. The van der Waals surface area contributed by atoms with E-state index >= 15 is 0 Å². The van der Waals surface area contributed by atoms with Crippen LogP contribution in [0, 0.1) is 0 Å². The van der Waals surface area contributed by atoms with E-state index in [4.69, 9.17) is 17.1 Å². The molecule has 3 aromatic rings. The average Bonchev–Trinajstić information content (AvgIpc) is 3.59. The lowest BCUT2D eigenvalue weighted by Gasteiger charge is -2.20. The van der Waals surface area contributed by atoms with E-state index in [1.54, 1.807) is 12.3 Å². The van der Waals surface area contributed by atoms with Crippen molar-refractivity contribution in [1.29, 1.82) is 0 Å². The largest absolute Gasteiger partial charge is 0.458 e. The molecule has 2 fully saturated rings. The minimum absolute atomic E-state index is 0.253. The third-order valence-corrected chi connectivity index (χ3v) is 7.54. The summed E-state index contributed by atoms with van der Waals surface area (Å²) in [4.78, 5) is 4.32. The molecule has 0 aliphatic carbocycles. The van der Waals surface area contributed by atoms with Crippen LogP contribution in [0.1, 0.15) is 5.56 Å². The monoisotopic (exact) mass is 391 g/mol. The van der Waals surface area contributed by atoms with Gasteiger partial charge in [0.05, 0.1) is 12.1 Å². The number of ether oxygens (including phenoxy) is 1. The zero-order valence-corrected chi connectivity index (χ0v) is 16.2. The molecule has 2 aromatic carbocycles. The Kier molecular flexibility index (Phi) is 4.48. The van der Waals surface area contributed by atoms with Gasteiger partial charge in [0.1, 0.15) is 19.3 Å². The number of nitrogens with zero attached hydrogens (tertiary/aromatic N) is 3. The predicted molar refractivity (Wildman–Crippen MR) is 109 cm³/mol. The molecule has 0 amide bonds. The normalized spacial score (nSPS) is 17.0. The van der Waals surface area contributed by atoms with E-state index < -0.39 is 7.67 Å². The third kappa shape index (κ3) is 3.59. The number of pyridine rings is 1. The van der Waals surface area contributed by atoms with Gasteiger partial charge in [-0.05, 0) is 35.9 Å². The zero-order chi connectivity index (χ0) is 19.1. The first kappa shape index (κ1) is 17.9. The van der Waals surface area contributed by atoms with Crippen molar-refractivity contribution in [2.75, 3.05) is 26.2 Å². The number of fused-ring (bicyclic) bond motifs is 1. The number of hydrogen-bond acceptors (Lipinski definition) is 4. The fourth-order valence-electron chi connectivity index (χ4n) is 3.10. The molecule has 6 nitrogen and oxygen atoms in total. The standard InChI is InChI=1S/C20H19BN3O3P/c21-18-5-3-15(14-26-28(25,23-8-9-23)24-10-11-24)12-20(18)27-17-4-6-19-16(13-17)2-1-7-22-19/h1-7,12-13H,8-11,14H2. The third-order valence-electron chi connectivity index (χ3n) is 4.84. The van der Waals surface area contributed by atoms with E-state index in [1.165, 1.54) is 0 Å². The SMILES string of the molecule is [B]c1ccc(COP(=O)(N2CC2)N2CC2)cc1Oc1ccc2ncccc2c1. The molecule has 1 aromatic heterocycles. The first-order valence-corrected chi connectivity index (χ1v) is 10.8. The van der Waals surface area contributed by atoms with Gasteiger partial charge in [0.2, 0.25) is 0 Å². The minimum Gasteiger partial charge on any atom is -0.458 e. The van der Waals surface area contributed by atoms with Crippen LogP contribution in [-0.4, -0.2) is 48.4 Å². The Hall–Kier alpha value is -2.18. The van der Waals surface area contributed by atoms with E-state index in [1.807, 2.05) is 51.8 Å². The summed E-state index contributed by atoms with van der Waals surface area (Å²) < 4.78 is 28.7. The van der Waals surface area contributed by atoms with E-state index in [0.29, 0.717) is 17.0 Å². The highest BCUT2D eigenvalue weighted by atomic mass is 31.2. The average molecular weight is 391 g/mol. The van der Waals surface area contributed by atoms with Crippen LogP contribution in [0.4, 0.5) is 0 Å². The van der Waals surface area contributed by atoms with Gasteiger partial charge in [0, 0.05) is 37.8 Å². The lowest BCUT2D eigenvalue weighted by Crippen LogP contribution is -2.10. The molecule has 140 valence electrons. The summed E-state index contributed by atoms with van der Waals surface area (Å²) in [6.45, 7) is 3.59. The second kappa shape index (κ2) is 7.01. The second-order valence-corrected chi connectivity index (χ2v) is 9.37. The highest BCUT2D eigenvalue weighted by Gasteiger charge is 2.49. The highest BCUT2D eigenvalue weighted by Crippen LogP contribution is 2.61. The van der Waals surface area contributed by atoms with Crippen molar-refractivity contribution in [3.05, 3.63) is 60.3 Å². The Bertz CT molecular complexity index is 1070. The smallest absolute Gasteiger partial charge is 0.346 e. The molecule has 8 heteroatoms. The van der Waals surface area contributed by atoms with Crippen molar-refractivity contribution in [3.63, 3.8) is 0 Å². The van der Waals surface area contributed by atoms with Crippen LogP contribution in [-0.2, 0) is 15.7 Å². The molecule has 0 atom stereocenters. The maximum Gasteiger partial charge on any atom is 0.346 e. The van der Waals surface area contributed by atoms with Crippen LogP contribution < -0.4 is 10.2 Å². The lowest BCUT2D eigenvalue weighted by atomic mass is 9.94. The van der Waals surface area contributed by atoms with Gasteiger partial charge in [0.25, 0.3) is 0 Å². The van der Waals surface area contributed by atoms with Crippen molar-refractivity contribution in [2.24, 2.45) is 0 Å². The fraction of sp³-hybridized carbons (Fsp3) is 0.250. The van der Waals surface area contributed by atoms with Crippen molar-refractivity contribution in [3.8, 4) is 11.5 Å². The van der Waals surface area contributed by atoms with Crippen LogP contribution >= 0.6 is 7.67 Å². The van der Waals surface area contributed by atoms with E-state index in [-0.39, 0.29) is 6.61 Å². The van der Waals surface area contributed by atoms with Crippen LogP contribution in [0.2, 0.25) is 0 Å². The highest BCUT2D eigenvalue weighted by molar-refractivity contribution is 7.54. The molecule has 3 heterocycles.